The van der Waals surface area contributed by atoms with Gasteiger partial charge in [0.2, 0.25) is 17.5 Å². The molecule has 13 nitrogen and oxygen atoms in total. The molecule has 0 aromatic carbocycles. The van der Waals surface area contributed by atoms with E-state index in [9.17, 15) is 24.3 Å². The molecule has 3 heterocycles. The van der Waals surface area contributed by atoms with Crippen LogP contribution in [0.4, 0.5) is 10.5 Å². The number of hydrogen-bond acceptors (Lipinski definition) is 9. The van der Waals surface area contributed by atoms with Crippen LogP contribution in [0, 0.1) is 0 Å². The highest BCUT2D eigenvalue weighted by Crippen LogP contribution is 2.26. The molecule has 1 aromatic rings. The van der Waals surface area contributed by atoms with Gasteiger partial charge in [0.1, 0.15) is 0 Å². The minimum absolute atomic E-state index is 0.0418. The Labute approximate surface area is 151 Å². The van der Waals surface area contributed by atoms with Crippen LogP contribution in [-0.2, 0) is 4.79 Å². The Kier molecular flexibility index (Phi) is 4.75. The van der Waals surface area contributed by atoms with Crippen LogP contribution in [0.25, 0.3) is 0 Å². The number of aromatic hydroxyl groups is 1. The minimum atomic E-state index is -0.929. The number of nitrogens with zero attached hydrogens (tertiary/aromatic N) is 5. The lowest BCUT2D eigenvalue weighted by atomic mass is 10.1. The van der Waals surface area contributed by atoms with Gasteiger partial charge >= 0.3 is 11.7 Å². The third-order valence-corrected chi connectivity index (χ3v) is 4.23. The number of guanidine groups is 1. The third kappa shape index (κ3) is 3.30. The number of azo groups is 1. The molecule has 0 bridgehead atoms. The number of carbonyl (C=O) groups is 2. The average Bonchev–Trinajstić information content (AvgIpc) is 2.96. The van der Waals surface area contributed by atoms with Crippen LogP contribution < -0.4 is 16.6 Å². The topological polar surface area (TPSA) is 176 Å². The fourth-order valence-corrected chi connectivity index (χ4v) is 2.82. The largest absolute Gasteiger partial charge is 0.493 e. The Morgan fingerprint density at radius 1 is 1.19 bits per heavy atom. The van der Waals surface area contributed by atoms with Crippen LogP contribution in [-0.4, -0.2) is 68.6 Å². The maximum Gasteiger partial charge on any atom is 0.328 e. The first kappa shape index (κ1) is 18.3. The van der Waals surface area contributed by atoms with E-state index in [1.807, 2.05) is 16.9 Å². The molecule has 3 rings (SSSR count). The predicted molar refractivity (Wildman–Crippen MR) is 91.8 cm³/mol. The molecule has 0 aliphatic carbocycles. The van der Waals surface area contributed by atoms with Crippen molar-refractivity contribution in [2.45, 2.75) is 32.0 Å². The summed E-state index contributed by atoms with van der Waals surface area (Å²) in [5.41, 5.74) is -2.32. The predicted octanol–water partition coefficient (Wildman–Crippen LogP) is -0.799. The summed E-state index contributed by atoms with van der Waals surface area (Å²) >= 11 is 0. The van der Waals surface area contributed by atoms with E-state index in [2.05, 4.69) is 20.5 Å². The quantitative estimate of drug-likeness (QED) is 0.499. The van der Waals surface area contributed by atoms with Gasteiger partial charge in [-0.05, 0) is 6.42 Å². The van der Waals surface area contributed by atoms with E-state index in [1.54, 1.807) is 4.90 Å². The molecule has 0 radical (unpaired) electrons. The molecule has 1 fully saturated rings. The molecule has 13 heteroatoms. The van der Waals surface area contributed by atoms with Crippen molar-refractivity contribution in [1.29, 1.82) is 0 Å². The van der Waals surface area contributed by atoms with Gasteiger partial charge in [-0.3, -0.25) is 24.9 Å². The number of fused-ring (bicyclic) bond motifs is 1. The summed E-state index contributed by atoms with van der Waals surface area (Å²) in [6, 6.07) is -1.34. The number of rotatable bonds is 4. The van der Waals surface area contributed by atoms with Gasteiger partial charge in [-0.1, -0.05) is 13.3 Å². The fourth-order valence-electron chi connectivity index (χ4n) is 2.82. The Hall–Kier alpha value is -3.51. The number of unbranched alkanes of at least 4 members (excludes halogenated alkanes) is 1. The number of aromatic amines is 2. The molecule has 0 spiro atoms. The summed E-state index contributed by atoms with van der Waals surface area (Å²) in [4.78, 5) is 58.0. The summed E-state index contributed by atoms with van der Waals surface area (Å²) in [6.07, 6.45) is 0.793. The number of urea groups is 1. The summed E-state index contributed by atoms with van der Waals surface area (Å²) in [5, 5.41) is 19.5. The molecular weight excluding hydrogens is 360 g/mol. The van der Waals surface area contributed by atoms with Crippen LogP contribution in [0.3, 0.4) is 0 Å². The standard InChI is InChI=1S/C14H18N8O5/c1-3-4-5-22-7-8(21(2)14(27)18-11(7)25)15-12(22)20-19-6-9(23)16-13(26)17-10(6)24/h7-8H,3-5H2,1-2H3,(H,18,25,27)(H3,16,17,23,24,26). The third-order valence-electron chi connectivity index (χ3n) is 4.23. The number of aromatic nitrogens is 2. The van der Waals surface area contributed by atoms with Crippen molar-refractivity contribution in [1.82, 2.24) is 25.1 Å². The highest BCUT2D eigenvalue weighted by molar-refractivity contribution is 6.03. The highest BCUT2D eigenvalue weighted by Gasteiger charge is 2.48. The molecule has 3 amide bonds. The number of hydrogen-bond donors (Lipinski definition) is 4. The lowest BCUT2D eigenvalue weighted by Crippen LogP contribution is -2.63. The molecule has 27 heavy (non-hydrogen) atoms. The van der Waals surface area contributed by atoms with Gasteiger partial charge in [-0.15, -0.1) is 10.2 Å². The van der Waals surface area contributed by atoms with E-state index in [-0.39, 0.29) is 5.96 Å². The SMILES string of the molecule is CCCCN1C(N=Nc2c(O)[nH]c(=O)[nH]c2=O)=NC2C1C(=O)NC(=O)N2C. The second-order valence-electron chi connectivity index (χ2n) is 6.05. The van der Waals surface area contributed by atoms with Gasteiger partial charge in [-0.25, -0.2) is 14.6 Å². The van der Waals surface area contributed by atoms with E-state index in [1.165, 1.54) is 11.9 Å². The van der Waals surface area contributed by atoms with Gasteiger partial charge < -0.3 is 14.9 Å². The van der Waals surface area contributed by atoms with Crippen molar-refractivity contribution in [2.75, 3.05) is 13.6 Å². The molecule has 2 aliphatic rings. The first-order chi connectivity index (χ1) is 12.8. The molecule has 144 valence electrons. The van der Waals surface area contributed by atoms with Gasteiger partial charge in [-0.2, -0.15) is 0 Å². The van der Waals surface area contributed by atoms with E-state index in [4.69, 9.17) is 0 Å². The highest BCUT2D eigenvalue weighted by atomic mass is 16.3. The molecule has 1 saturated heterocycles. The normalized spacial score (nSPS) is 22.2. The van der Waals surface area contributed by atoms with Gasteiger partial charge in [0.25, 0.3) is 11.5 Å². The lowest BCUT2D eigenvalue weighted by molar-refractivity contribution is -0.127. The molecule has 1 aromatic heterocycles. The number of aliphatic imine (C=N–C) groups is 1. The molecule has 2 unspecified atom stereocenters. The number of carbonyl (C=O) groups excluding carboxylic acids is 2. The summed E-state index contributed by atoms with van der Waals surface area (Å²) in [5.74, 6) is -1.20. The average molecular weight is 378 g/mol. The Bertz CT molecular complexity index is 948. The molecule has 0 saturated carbocycles. The van der Waals surface area contributed by atoms with Crippen molar-refractivity contribution in [2.24, 2.45) is 15.2 Å². The second kappa shape index (κ2) is 7.01. The monoisotopic (exact) mass is 378 g/mol. The number of nitrogens with one attached hydrogen (secondary N) is 3. The zero-order valence-electron chi connectivity index (χ0n) is 14.6. The minimum Gasteiger partial charge on any atom is -0.493 e. The van der Waals surface area contributed by atoms with Crippen molar-refractivity contribution < 1.29 is 14.7 Å². The van der Waals surface area contributed by atoms with Crippen LogP contribution in [0.5, 0.6) is 5.88 Å². The van der Waals surface area contributed by atoms with Crippen molar-refractivity contribution >= 4 is 23.6 Å². The molecule has 2 aliphatic heterocycles. The van der Waals surface area contributed by atoms with E-state index in [0.717, 1.165) is 12.8 Å². The van der Waals surface area contributed by atoms with E-state index in [0.29, 0.717) is 6.54 Å². The molecule has 2 atom stereocenters. The molecular formula is C14H18N8O5. The number of imide groups is 1. The van der Waals surface area contributed by atoms with Gasteiger partial charge in [0, 0.05) is 13.6 Å². The van der Waals surface area contributed by atoms with Gasteiger partial charge in [0.15, 0.2) is 12.2 Å². The van der Waals surface area contributed by atoms with Gasteiger partial charge in [0.05, 0.1) is 0 Å². The smallest absolute Gasteiger partial charge is 0.328 e. The van der Waals surface area contributed by atoms with E-state index < -0.39 is 47.0 Å². The Morgan fingerprint density at radius 2 is 1.93 bits per heavy atom. The number of amides is 3. The van der Waals surface area contributed by atoms with Crippen molar-refractivity contribution in [3.05, 3.63) is 20.8 Å². The number of H-pyrrole nitrogens is 2. The molecule has 4 N–H and O–H groups in total. The Morgan fingerprint density at radius 3 is 2.59 bits per heavy atom. The lowest BCUT2D eigenvalue weighted by Gasteiger charge is -2.35. The Balaban J connectivity index is 1.97. The van der Waals surface area contributed by atoms with Crippen LogP contribution in [0.15, 0.2) is 24.8 Å². The zero-order chi connectivity index (χ0) is 19.7. The first-order valence-corrected chi connectivity index (χ1v) is 8.23. The maximum absolute atomic E-state index is 12.3. The van der Waals surface area contributed by atoms with Crippen molar-refractivity contribution in [3.8, 4) is 5.88 Å². The van der Waals surface area contributed by atoms with Crippen LogP contribution in [0.1, 0.15) is 19.8 Å². The van der Waals surface area contributed by atoms with E-state index >= 15 is 0 Å². The maximum atomic E-state index is 12.3. The number of likely N-dealkylation sites (N-methyl/N-ethyl adjacent to an activating group) is 1. The summed E-state index contributed by atoms with van der Waals surface area (Å²) in [6.45, 7) is 2.40. The first-order valence-electron chi connectivity index (χ1n) is 8.23. The summed E-state index contributed by atoms with van der Waals surface area (Å²) < 4.78 is 0. The fraction of sp³-hybridized carbons (Fsp3) is 0.500. The zero-order valence-corrected chi connectivity index (χ0v) is 14.6. The van der Waals surface area contributed by atoms with Crippen molar-refractivity contribution in [3.63, 3.8) is 0 Å². The van der Waals surface area contributed by atoms with Crippen LogP contribution >= 0.6 is 0 Å². The second-order valence-corrected chi connectivity index (χ2v) is 6.05. The van der Waals surface area contributed by atoms with Crippen LogP contribution in [0.2, 0.25) is 0 Å². The summed E-state index contributed by atoms with van der Waals surface area (Å²) in [7, 11) is 1.50.